The fourth-order valence-electron chi connectivity index (χ4n) is 9.15. The summed E-state index contributed by atoms with van der Waals surface area (Å²) in [7, 11) is 0. The van der Waals surface area contributed by atoms with E-state index in [9.17, 15) is 18.0 Å². The topological polar surface area (TPSA) is 55.5 Å². The van der Waals surface area contributed by atoms with Crippen LogP contribution in [0.5, 0.6) is 0 Å². The lowest BCUT2D eigenvalue weighted by Crippen LogP contribution is -2.50. The molecule has 0 radical (unpaired) electrons. The average Bonchev–Trinajstić information content (AvgIpc) is 2.95. The van der Waals surface area contributed by atoms with E-state index in [1.807, 2.05) is 0 Å². The van der Waals surface area contributed by atoms with Crippen molar-refractivity contribution >= 4 is 12.0 Å². The Hall–Kier alpha value is -1.33. The standard InChI is InChI=1S/C27H41F3N2O/c1-15-5-7-20-18(11-15)6-8-22-21(20)9-10-26(4)24(22)16(2)17(3)25(26)23(33)14-32-13-19(12-31)27(28,29)30/h12-13,15-18,20-22,24-25H,5-11,14,31H2,1-4H3/t15?,16-,17?,18?,20?,21?,22?,24?,25?,26?/m1/s1. The third-order valence-electron chi connectivity index (χ3n) is 10.5. The number of nitrogens with two attached hydrogens (primary N) is 1. The van der Waals surface area contributed by atoms with E-state index in [2.05, 4.69) is 32.7 Å². The highest BCUT2D eigenvalue weighted by atomic mass is 19.4. The van der Waals surface area contributed by atoms with Crippen LogP contribution in [0.4, 0.5) is 13.2 Å². The van der Waals surface area contributed by atoms with Gasteiger partial charge in [-0.3, -0.25) is 9.79 Å². The van der Waals surface area contributed by atoms with E-state index in [0.717, 1.165) is 30.1 Å². The molecule has 186 valence electrons. The Bertz CT molecular complexity index is 806. The Morgan fingerprint density at radius 2 is 1.73 bits per heavy atom. The molecule has 2 N–H and O–H groups in total. The van der Waals surface area contributed by atoms with Gasteiger partial charge in [-0.15, -0.1) is 0 Å². The van der Waals surface area contributed by atoms with Crippen LogP contribution in [0.2, 0.25) is 0 Å². The van der Waals surface area contributed by atoms with Gasteiger partial charge in [0.1, 0.15) is 0 Å². The van der Waals surface area contributed by atoms with Crippen molar-refractivity contribution in [3.05, 3.63) is 11.8 Å². The third kappa shape index (κ3) is 4.29. The van der Waals surface area contributed by atoms with Crippen LogP contribution in [-0.2, 0) is 4.79 Å². The Morgan fingerprint density at radius 1 is 1.03 bits per heavy atom. The monoisotopic (exact) mass is 466 g/mol. The first-order valence-corrected chi connectivity index (χ1v) is 13.0. The molecular formula is C27H41F3N2O. The first-order valence-electron chi connectivity index (χ1n) is 13.0. The van der Waals surface area contributed by atoms with Gasteiger partial charge in [-0.25, -0.2) is 0 Å². The molecule has 0 amide bonds. The molecule has 0 aliphatic heterocycles. The molecule has 9 unspecified atom stereocenters. The minimum Gasteiger partial charge on any atom is -0.404 e. The molecule has 0 saturated heterocycles. The van der Waals surface area contributed by atoms with Crippen LogP contribution in [0.25, 0.3) is 0 Å². The maximum absolute atomic E-state index is 13.4. The second-order valence-electron chi connectivity index (χ2n) is 12.1. The second-order valence-corrected chi connectivity index (χ2v) is 12.1. The van der Waals surface area contributed by atoms with Gasteiger partial charge in [-0.2, -0.15) is 13.2 Å². The van der Waals surface area contributed by atoms with Crippen LogP contribution in [-0.4, -0.2) is 24.7 Å². The van der Waals surface area contributed by atoms with E-state index < -0.39 is 11.7 Å². The van der Waals surface area contributed by atoms with Crippen LogP contribution in [0.1, 0.15) is 72.6 Å². The first-order chi connectivity index (χ1) is 15.5. The Morgan fingerprint density at radius 3 is 2.39 bits per heavy atom. The number of fused-ring (bicyclic) bond motifs is 5. The predicted octanol–water partition coefficient (Wildman–Crippen LogP) is 6.43. The van der Waals surface area contributed by atoms with Crippen LogP contribution < -0.4 is 5.73 Å². The number of rotatable bonds is 4. The van der Waals surface area contributed by atoms with Crippen molar-refractivity contribution in [2.75, 3.05) is 6.54 Å². The number of halogens is 3. The molecule has 3 nitrogen and oxygen atoms in total. The number of hydrogen-bond acceptors (Lipinski definition) is 3. The minimum absolute atomic E-state index is 0.00669. The number of carbonyl (C=O) groups excluding carboxylic acids is 1. The van der Waals surface area contributed by atoms with Gasteiger partial charge in [0.05, 0.1) is 12.1 Å². The summed E-state index contributed by atoms with van der Waals surface area (Å²) in [6.07, 6.45) is 5.65. The molecule has 4 aliphatic rings. The lowest BCUT2D eigenvalue weighted by atomic mass is 9.48. The fourth-order valence-corrected chi connectivity index (χ4v) is 9.15. The molecule has 0 aromatic rings. The lowest BCUT2D eigenvalue weighted by Gasteiger charge is -2.56. The SMILES string of the molecule is CC1CCC2C(CCC3C2CCC2(C)C(C(=O)CN=CC(=CN)C(F)(F)F)C(C)[C@@H](C)C32)C1. The molecule has 4 fully saturated rings. The summed E-state index contributed by atoms with van der Waals surface area (Å²) >= 11 is 0. The number of alkyl halides is 3. The van der Waals surface area contributed by atoms with E-state index in [-0.39, 0.29) is 29.6 Å². The van der Waals surface area contributed by atoms with E-state index in [1.165, 1.54) is 38.5 Å². The fraction of sp³-hybridized carbons (Fsp3) is 0.852. The molecule has 0 spiro atoms. The number of ketones is 1. The van der Waals surface area contributed by atoms with Gasteiger partial charge in [0.2, 0.25) is 0 Å². The van der Waals surface area contributed by atoms with Crippen LogP contribution in [0, 0.1) is 58.7 Å². The Labute approximate surface area is 196 Å². The zero-order chi connectivity index (χ0) is 24.1. The number of hydrogen-bond donors (Lipinski definition) is 1. The zero-order valence-corrected chi connectivity index (χ0v) is 20.6. The normalized spacial score (nSPS) is 46.0. The molecule has 10 atom stereocenters. The molecular weight excluding hydrogens is 425 g/mol. The summed E-state index contributed by atoms with van der Waals surface area (Å²) in [5.41, 5.74) is 4.03. The highest BCUT2D eigenvalue weighted by Gasteiger charge is 2.63. The molecule has 4 rings (SSSR count). The van der Waals surface area contributed by atoms with Gasteiger partial charge in [-0.05, 0) is 91.3 Å². The van der Waals surface area contributed by atoms with Gasteiger partial charge < -0.3 is 5.73 Å². The molecule has 0 aromatic carbocycles. The molecule has 33 heavy (non-hydrogen) atoms. The van der Waals surface area contributed by atoms with E-state index in [0.29, 0.717) is 30.2 Å². The van der Waals surface area contributed by atoms with Crippen LogP contribution >= 0.6 is 0 Å². The molecule has 6 heteroatoms. The molecule has 4 aliphatic carbocycles. The lowest BCUT2D eigenvalue weighted by molar-refractivity contribution is -0.130. The van der Waals surface area contributed by atoms with Crippen molar-refractivity contribution in [1.82, 2.24) is 0 Å². The molecule has 0 aromatic heterocycles. The van der Waals surface area contributed by atoms with Gasteiger partial charge >= 0.3 is 6.18 Å². The van der Waals surface area contributed by atoms with Crippen molar-refractivity contribution in [3.8, 4) is 0 Å². The Kier molecular flexibility index (Phi) is 6.78. The quantitative estimate of drug-likeness (QED) is 0.486. The average molecular weight is 467 g/mol. The van der Waals surface area contributed by atoms with Crippen molar-refractivity contribution in [1.29, 1.82) is 0 Å². The maximum atomic E-state index is 13.4. The number of nitrogens with zero attached hydrogens (tertiary/aromatic N) is 1. The van der Waals surface area contributed by atoms with Gasteiger partial charge in [0.15, 0.2) is 5.78 Å². The van der Waals surface area contributed by atoms with E-state index >= 15 is 0 Å². The van der Waals surface area contributed by atoms with Crippen molar-refractivity contribution < 1.29 is 18.0 Å². The van der Waals surface area contributed by atoms with Gasteiger partial charge in [0, 0.05) is 18.3 Å². The van der Waals surface area contributed by atoms with Gasteiger partial charge in [-0.1, -0.05) is 34.1 Å². The summed E-state index contributed by atoms with van der Waals surface area (Å²) in [6.45, 7) is 9.01. The highest BCUT2D eigenvalue weighted by molar-refractivity contribution is 5.88. The van der Waals surface area contributed by atoms with Crippen LogP contribution in [0.15, 0.2) is 16.8 Å². The summed E-state index contributed by atoms with van der Waals surface area (Å²) in [5.74, 6) is 5.16. The zero-order valence-electron chi connectivity index (χ0n) is 20.6. The second kappa shape index (κ2) is 9.03. The Balaban J connectivity index is 1.51. The minimum atomic E-state index is -4.55. The largest absolute Gasteiger partial charge is 0.419 e. The summed E-state index contributed by atoms with van der Waals surface area (Å²) in [6, 6.07) is 0. The third-order valence-corrected chi connectivity index (χ3v) is 10.5. The van der Waals surface area contributed by atoms with Crippen molar-refractivity contribution in [2.45, 2.75) is 78.8 Å². The van der Waals surface area contributed by atoms with E-state index in [1.54, 1.807) is 0 Å². The smallest absolute Gasteiger partial charge is 0.404 e. The van der Waals surface area contributed by atoms with Crippen molar-refractivity contribution in [2.24, 2.45) is 69.4 Å². The molecule has 0 heterocycles. The highest BCUT2D eigenvalue weighted by Crippen LogP contribution is 2.67. The summed E-state index contributed by atoms with van der Waals surface area (Å²) in [5, 5.41) is 0. The number of Topliss-reactive ketones (excluding diaryl/α,β-unsaturated/α-hetero) is 1. The number of allylic oxidation sites excluding steroid dienone is 1. The molecule has 0 bridgehead atoms. The van der Waals surface area contributed by atoms with Gasteiger partial charge in [0.25, 0.3) is 0 Å². The summed E-state index contributed by atoms with van der Waals surface area (Å²) in [4.78, 5) is 17.2. The summed E-state index contributed by atoms with van der Waals surface area (Å²) < 4.78 is 38.7. The predicted molar refractivity (Wildman–Crippen MR) is 126 cm³/mol. The van der Waals surface area contributed by atoms with Crippen molar-refractivity contribution in [3.63, 3.8) is 0 Å². The first kappa shape index (κ1) is 24.8. The number of carbonyl (C=O) groups is 1. The molecule has 4 saturated carbocycles. The van der Waals surface area contributed by atoms with Crippen LogP contribution in [0.3, 0.4) is 0 Å². The number of aliphatic imine (C=N–C) groups is 1. The van der Waals surface area contributed by atoms with E-state index in [4.69, 9.17) is 5.73 Å². The maximum Gasteiger partial charge on any atom is 0.419 e.